The summed E-state index contributed by atoms with van der Waals surface area (Å²) in [6.45, 7) is -1.45. The fourth-order valence-corrected chi connectivity index (χ4v) is 4.05. The maximum atomic E-state index is 8.96. The Labute approximate surface area is 169 Å². The van der Waals surface area contributed by atoms with Crippen LogP contribution in [0.4, 0.5) is 0 Å². The molecule has 0 aromatic carbocycles. The van der Waals surface area contributed by atoms with E-state index in [4.69, 9.17) is 100 Å². The third-order valence-electron chi connectivity index (χ3n) is 3.34. The van der Waals surface area contributed by atoms with Crippen LogP contribution >= 0.6 is 69.6 Å². The lowest BCUT2D eigenvalue weighted by Gasteiger charge is -2.37. The Morgan fingerprint density at radius 2 is 0.667 bits per heavy atom. The van der Waals surface area contributed by atoms with Gasteiger partial charge in [-0.05, 0) is 0 Å². The molecule has 0 aromatic heterocycles. The predicted octanol–water partition coefficient (Wildman–Crippen LogP) is 0.0590. The molecule has 1 aliphatic carbocycles. The molecule has 24 heavy (non-hydrogen) atoms. The van der Waals surface area contributed by atoms with Gasteiger partial charge >= 0.3 is 0 Å². The van der Waals surface area contributed by atoms with Crippen molar-refractivity contribution >= 4 is 69.6 Å². The molecule has 0 spiro atoms. The summed E-state index contributed by atoms with van der Waals surface area (Å²) in [5, 5.41) is 49.6. The van der Waals surface area contributed by atoms with Crippen LogP contribution in [0.5, 0.6) is 0 Å². The average Bonchev–Trinajstić information content (AvgIpc) is 2.60. The highest BCUT2D eigenvalue weighted by molar-refractivity contribution is 6.45. The van der Waals surface area contributed by atoms with Crippen molar-refractivity contribution in [3.63, 3.8) is 0 Å². The first-order valence-electron chi connectivity index (χ1n) is 6.79. The van der Waals surface area contributed by atoms with Gasteiger partial charge in [-0.2, -0.15) is 0 Å². The molecular formula is C12H20Cl6O6. The summed E-state index contributed by atoms with van der Waals surface area (Å²) in [6.07, 6.45) is -6.39. The number of rotatable bonds is 5. The molecular weight excluding hydrogens is 453 g/mol. The van der Waals surface area contributed by atoms with Gasteiger partial charge < -0.3 is 30.6 Å². The fourth-order valence-electron chi connectivity index (χ4n) is 1.73. The molecule has 6 N–H and O–H groups in total. The van der Waals surface area contributed by atoms with E-state index in [9.17, 15) is 0 Å². The maximum absolute atomic E-state index is 8.96. The summed E-state index contributed by atoms with van der Waals surface area (Å²) in [7, 11) is 0. The van der Waals surface area contributed by atoms with Crippen LogP contribution in [0.1, 0.15) is 0 Å². The molecule has 0 bridgehead atoms. The second kappa shape index (κ2) is 12.1. The van der Waals surface area contributed by atoms with E-state index in [1.807, 2.05) is 0 Å². The summed E-state index contributed by atoms with van der Waals surface area (Å²) in [5.41, 5.74) is 0. The number of aliphatic hydroxyl groups excluding tert-OH is 6. The zero-order valence-corrected chi connectivity index (χ0v) is 16.7. The van der Waals surface area contributed by atoms with Gasteiger partial charge in [0.05, 0.1) is 45.5 Å². The molecule has 4 atom stereocenters. The number of hydrogen-bond donors (Lipinski definition) is 6. The lowest BCUT2D eigenvalue weighted by Crippen LogP contribution is -2.52. The van der Waals surface area contributed by atoms with E-state index in [0.717, 1.165) is 0 Å². The van der Waals surface area contributed by atoms with Crippen molar-refractivity contribution < 1.29 is 30.6 Å². The summed E-state index contributed by atoms with van der Waals surface area (Å²) >= 11 is 35.3. The minimum absolute atomic E-state index is 0.437. The van der Waals surface area contributed by atoms with Crippen LogP contribution in [-0.2, 0) is 0 Å². The summed E-state index contributed by atoms with van der Waals surface area (Å²) in [4.78, 5) is 0. The van der Waals surface area contributed by atoms with E-state index in [2.05, 4.69) is 0 Å². The standard InChI is InChI=1S/C6H6Cl6.C6H14O6/c7-1-2(8)4(10)6(12)5(11)3(1)9;7-1-3(9)5(11)6(12)4(10)2-8/h1-6H;3-12H,1-2H2/t1-,2-,3-,4+,5+,6+;3-,4+,5-,6-/m.1/s1. The Balaban J connectivity index is 0.000000441. The fraction of sp³-hybridized carbons (Fsp3) is 1.00. The first-order valence-corrected chi connectivity index (χ1v) is 9.41. The van der Waals surface area contributed by atoms with E-state index in [1.165, 1.54) is 0 Å². The van der Waals surface area contributed by atoms with Gasteiger partial charge in [0.2, 0.25) is 0 Å². The van der Waals surface area contributed by atoms with Crippen molar-refractivity contribution in [3.8, 4) is 0 Å². The Hall–Kier alpha value is 1.50. The Kier molecular flexibility index (Phi) is 12.8. The number of halogens is 6. The normalized spacial score (nSPS) is 38.5. The van der Waals surface area contributed by atoms with Crippen LogP contribution in [0.2, 0.25) is 0 Å². The number of aliphatic hydroxyl groups is 6. The molecule has 1 rings (SSSR count). The van der Waals surface area contributed by atoms with Gasteiger partial charge in [0.1, 0.15) is 24.4 Å². The van der Waals surface area contributed by atoms with Crippen molar-refractivity contribution in [3.05, 3.63) is 0 Å². The number of hydrogen-bond acceptors (Lipinski definition) is 6. The molecule has 1 saturated carbocycles. The van der Waals surface area contributed by atoms with Gasteiger partial charge in [-0.3, -0.25) is 0 Å². The highest BCUT2D eigenvalue weighted by Crippen LogP contribution is 2.39. The van der Waals surface area contributed by atoms with Crippen molar-refractivity contribution in [2.45, 2.75) is 56.7 Å². The van der Waals surface area contributed by atoms with Crippen LogP contribution < -0.4 is 0 Å². The summed E-state index contributed by atoms with van der Waals surface area (Å²) in [6, 6.07) is 0. The van der Waals surface area contributed by atoms with E-state index in [-0.39, 0.29) is 0 Å². The zero-order valence-electron chi connectivity index (χ0n) is 12.1. The van der Waals surface area contributed by atoms with E-state index in [0.29, 0.717) is 0 Å². The lowest BCUT2D eigenvalue weighted by atomic mass is 9.97. The molecule has 1 fully saturated rings. The first-order chi connectivity index (χ1) is 11.0. The van der Waals surface area contributed by atoms with E-state index < -0.39 is 69.9 Å². The highest BCUT2D eigenvalue weighted by atomic mass is 35.5. The molecule has 1 aliphatic rings. The van der Waals surface area contributed by atoms with Gasteiger partial charge in [0.25, 0.3) is 0 Å². The third kappa shape index (κ3) is 6.91. The molecule has 0 radical (unpaired) electrons. The van der Waals surface area contributed by atoms with Crippen molar-refractivity contribution in [2.75, 3.05) is 13.2 Å². The number of alkyl halides is 6. The predicted molar refractivity (Wildman–Crippen MR) is 96.0 cm³/mol. The smallest absolute Gasteiger partial charge is 0.111 e. The van der Waals surface area contributed by atoms with Gasteiger partial charge in [-0.25, -0.2) is 0 Å². The quantitative estimate of drug-likeness (QED) is 0.315. The maximum Gasteiger partial charge on any atom is 0.111 e. The van der Waals surface area contributed by atoms with E-state index in [1.54, 1.807) is 0 Å². The van der Waals surface area contributed by atoms with Gasteiger partial charge in [-0.1, -0.05) is 0 Å². The molecule has 0 saturated heterocycles. The second-order valence-electron chi connectivity index (χ2n) is 5.15. The van der Waals surface area contributed by atoms with Crippen LogP contribution in [0.3, 0.4) is 0 Å². The van der Waals surface area contributed by atoms with Gasteiger partial charge in [-0.15, -0.1) is 69.6 Å². The molecule has 0 heterocycles. The third-order valence-corrected chi connectivity index (χ3v) is 7.37. The molecule has 0 amide bonds. The molecule has 0 aromatic rings. The van der Waals surface area contributed by atoms with Crippen LogP contribution in [0.15, 0.2) is 0 Å². The van der Waals surface area contributed by atoms with Gasteiger partial charge in [0.15, 0.2) is 0 Å². The molecule has 0 unspecified atom stereocenters. The van der Waals surface area contributed by atoms with Crippen molar-refractivity contribution in [2.24, 2.45) is 0 Å². The molecule has 0 aliphatic heterocycles. The highest BCUT2D eigenvalue weighted by Gasteiger charge is 2.46. The first kappa shape index (κ1) is 25.5. The molecule has 146 valence electrons. The largest absolute Gasteiger partial charge is 0.394 e. The Bertz CT molecular complexity index is 275. The molecule has 12 heteroatoms. The summed E-state index contributed by atoms with van der Waals surface area (Å²) < 4.78 is 0. The molecule has 6 nitrogen and oxygen atoms in total. The average molecular weight is 473 g/mol. The van der Waals surface area contributed by atoms with Crippen molar-refractivity contribution in [1.82, 2.24) is 0 Å². The van der Waals surface area contributed by atoms with Crippen LogP contribution in [0.25, 0.3) is 0 Å². The minimum atomic E-state index is -1.67. The Morgan fingerprint density at radius 3 is 0.792 bits per heavy atom. The summed E-state index contributed by atoms with van der Waals surface area (Å²) in [5.74, 6) is 0. The minimum Gasteiger partial charge on any atom is -0.394 e. The van der Waals surface area contributed by atoms with Gasteiger partial charge in [0, 0.05) is 0 Å². The Morgan fingerprint density at radius 1 is 0.500 bits per heavy atom. The topological polar surface area (TPSA) is 121 Å². The monoisotopic (exact) mass is 470 g/mol. The zero-order chi connectivity index (χ0) is 19.2. The lowest BCUT2D eigenvalue weighted by molar-refractivity contribution is -0.123. The van der Waals surface area contributed by atoms with Crippen molar-refractivity contribution in [1.29, 1.82) is 0 Å². The SMILES string of the molecule is Cl[C@H]1[C@H](Cl)[C@@H](Cl)[C@@H](Cl)[C@H](Cl)[C@H]1Cl.OC[C@@H](O)[C@@H](O)[C@H](O)[C@@H](O)CO. The second-order valence-corrected chi connectivity index (χ2v) is 8.17. The van der Waals surface area contributed by atoms with E-state index >= 15 is 0 Å². The van der Waals surface area contributed by atoms with Crippen LogP contribution in [-0.4, -0.2) is 101 Å². The van der Waals surface area contributed by atoms with Crippen LogP contribution in [0, 0.1) is 0 Å².